The first kappa shape index (κ1) is 22.3. The van der Waals surface area contributed by atoms with Crippen LogP contribution < -0.4 is 5.32 Å². The number of aliphatic hydroxyl groups is 2. The first-order valence-corrected chi connectivity index (χ1v) is 11.2. The number of rotatable bonds is 7. The third-order valence-corrected chi connectivity index (χ3v) is 5.87. The van der Waals surface area contributed by atoms with Crippen LogP contribution in [0.2, 0.25) is 0 Å². The van der Waals surface area contributed by atoms with Crippen LogP contribution in [0, 0.1) is 17.8 Å². The SMILES string of the molecule is C[C@H](O)c1nccn1Cc1cc(-c2ccc(C#CC3CCC(NCCO)CC3)cc2)on1. The highest BCUT2D eigenvalue weighted by Gasteiger charge is 2.19. The van der Waals surface area contributed by atoms with Gasteiger partial charge in [0.25, 0.3) is 0 Å². The van der Waals surface area contributed by atoms with E-state index in [0.717, 1.165) is 42.5 Å². The third-order valence-electron chi connectivity index (χ3n) is 5.87. The van der Waals surface area contributed by atoms with Crippen molar-refractivity contribution in [3.8, 4) is 23.2 Å². The van der Waals surface area contributed by atoms with Gasteiger partial charge >= 0.3 is 0 Å². The van der Waals surface area contributed by atoms with Gasteiger partial charge in [-0.1, -0.05) is 17.0 Å². The van der Waals surface area contributed by atoms with Gasteiger partial charge in [0.15, 0.2) is 5.76 Å². The Morgan fingerprint density at radius 1 is 1.22 bits per heavy atom. The van der Waals surface area contributed by atoms with Crippen LogP contribution in [0.4, 0.5) is 0 Å². The summed E-state index contributed by atoms with van der Waals surface area (Å²) >= 11 is 0. The van der Waals surface area contributed by atoms with E-state index in [9.17, 15) is 5.11 Å². The predicted molar refractivity (Wildman–Crippen MR) is 122 cm³/mol. The monoisotopic (exact) mass is 434 g/mol. The minimum Gasteiger partial charge on any atom is -0.395 e. The molecule has 2 aromatic heterocycles. The Bertz CT molecular complexity index is 1050. The summed E-state index contributed by atoms with van der Waals surface area (Å²) in [4.78, 5) is 4.18. The first-order valence-electron chi connectivity index (χ1n) is 11.2. The van der Waals surface area contributed by atoms with Gasteiger partial charge in [-0.25, -0.2) is 4.98 Å². The normalized spacial score (nSPS) is 19.3. The summed E-state index contributed by atoms with van der Waals surface area (Å²) in [6.45, 7) is 3.05. The highest BCUT2D eigenvalue weighted by atomic mass is 16.5. The Kier molecular flexibility index (Phi) is 7.38. The number of aliphatic hydroxyl groups excluding tert-OH is 2. The van der Waals surface area contributed by atoms with Crippen LogP contribution in [0.15, 0.2) is 47.2 Å². The van der Waals surface area contributed by atoms with E-state index in [4.69, 9.17) is 9.63 Å². The lowest BCUT2D eigenvalue weighted by molar-refractivity contribution is 0.184. The molecule has 1 aromatic carbocycles. The van der Waals surface area contributed by atoms with Crippen LogP contribution in [0.3, 0.4) is 0 Å². The Labute approximate surface area is 188 Å². The molecule has 1 saturated carbocycles. The van der Waals surface area contributed by atoms with E-state index in [0.29, 0.717) is 36.6 Å². The molecule has 1 aliphatic rings. The summed E-state index contributed by atoms with van der Waals surface area (Å²) in [5.41, 5.74) is 2.72. The molecule has 7 nitrogen and oxygen atoms in total. The van der Waals surface area contributed by atoms with Crippen LogP contribution >= 0.6 is 0 Å². The van der Waals surface area contributed by atoms with Crippen LogP contribution in [-0.2, 0) is 6.54 Å². The molecule has 3 aromatic rings. The van der Waals surface area contributed by atoms with Gasteiger partial charge in [0.05, 0.1) is 13.2 Å². The molecule has 0 aliphatic heterocycles. The van der Waals surface area contributed by atoms with Gasteiger partial charge in [-0.3, -0.25) is 0 Å². The summed E-state index contributed by atoms with van der Waals surface area (Å²) < 4.78 is 7.39. The summed E-state index contributed by atoms with van der Waals surface area (Å²) in [6, 6.07) is 10.5. The molecular weight excluding hydrogens is 404 g/mol. The molecule has 1 aliphatic carbocycles. The van der Waals surface area contributed by atoms with Crippen LogP contribution in [0.1, 0.15) is 55.8 Å². The molecule has 0 amide bonds. The minimum absolute atomic E-state index is 0.194. The van der Waals surface area contributed by atoms with Crippen molar-refractivity contribution in [2.75, 3.05) is 13.2 Å². The van der Waals surface area contributed by atoms with Gasteiger partial charge in [-0.15, -0.1) is 0 Å². The molecule has 3 N–H and O–H groups in total. The lowest BCUT2D eigenvalue weighted by atomic mass is 9.86. The Hall–Kier alpha value is -2.92. The number of hydrogen-bond acceptors (Lipinski definition) is 6. The average Bonchev–Trinajstić information content (AvgIpc) is 3.47. The second-order valence-corrected chi connectivity index (χ2v) is 8.34. The summed E-state index contributed by atoms with van der Waals surface area (Å²) in [5, 5.41) is 26.3. The fraction of sp³-hybridized carbons (Fsp3) is 0.440. The number of benzene rings is 1. The predicted octanol–water partition coefficient (Wildman–Crippen LogP) is 3.13. The molecule has 4 rings (SSSR count). The average molecular weight is 435 g/mol. The zero-order valence-corrected chi connectivity index (χ0v) is 18.4. The van der Waals surface area contributed by atoms with E-state index in [1.807, 2.05) is 41.1 Å². The molecular formula is C25H30N4O3. The van der Waals surface area contributed by atoms with Crippen molar-refractivity contribution >= 4 is 0 Å². The smallest absolute Gasteiger partial charge is 0.167 e. The van der Waals surface area contributed by atoms with Crippen molar-refractivity contribution in [1.82, 2.24) is 20.0 Å². The molecule has 0 saturated heterocycles. The van der Waals surface area contributed by atoms with Gasteiger partial charge < -0.3 is 24.6 Å². The molecule has 168 valence electrons. The molecule has 2 heterocycles. The van der Waals surface area contributed by atoms with E-state index in [-0.39, 0.29) is 6.61 Å². The number of imidazole rings is 1. The lowest BCUT2D eigenvalue weighted by Crippen LogP contribution is -2.34. The second kappa shape index (κ2) is 10.6. The molecule has 0 unspecified atom stereocenters. The maximum atomic E-state index is 9.80. The Balaban J connectivity index is 1.34. The topological polar surface area (TPSA) is 96.3 Å². The van der Waals surface area contributed by atoms with Gasteiger partial charge in [-0.05, 0) is 56.9 Å². The van der Waals surface area contributed by atoms with Crippen molar-refractivity contribution in [2.24, 2.45) is 5.92 Å². The summed E-state index contributed by atoms with van der Waals surface area (Å²) in [5.74, 6) is 8.48. The Morgan fingerprint density at radius 2 is 2.00 bits per heavy atom. The fourth-order valence-electron chi connectivity index (χ4n) is 4.13. The highest BCUT2D eigenvalue weighted by Crippen LogP contribution is 2.24. The molecule has 0 spiro atoms. The molecule has 32 heavy (non-hydrogen) atoms. The van der Waals surface area contributed by atoms with Gasteiger partial charge in [-0.2, -0.15) is 0 Å². The van der Waals surface area contributed by atoms with Gasteiger partial charge in [0, 0.05) is 48.1 Å². The van der Waals surface area contributed by atoms with E-state index < -0.39 is 6.10 Å². The summed E-state index contributed by atoms with van der Waals surface area (Å²) in [7, 11) is 0. The van der Waals surface area contributed by atoms with Crippen molar-refractivity contribution in [3.05, 3.63) is 59.8 Å². The van der Waals surface area contributed by atoms with Crippen molar-refractivity contribution in [2.45, 2.75) is 51.3 Å². The minimum atomic E-state index is -0.636. The second-order valence-electron chi connectivity index (χ2n) is 8.34. The largest absolute Gasteiger partial charge is 0.395 e. The molecule has 1 fully saturated rings. The first-order chi connectivity index (χ1) is 15.6. The quantitative estimate of drug-likeness (QED) is 0.495. The van der Waals surface area contributed by atoms with Crippen LogP contribution in [0.25, 0.3) is 11.3 Å². The summed E-state index contributed by atoms with van der Waals surface area (Å²) in [6.07, 6.45) is 7.28. The van der Waals surface area contributed by atoms with Crippen LogP contribution in [-0.4, -0.2) is 44.1 Å². The molecule has 0 bridgehead atoms. The highest BCUT2D eigenvalue weighted by molar-refractivity contribution is 5.59. The molecule has 0 radical (unpaired) electrons. The van der Waals surface area contributed by atoms with E-state index in [1.54, 1.807) is 13.1 Å². The molecule has 7 heteroatoms. The van der Waals surface area contributed by atoms with E-state index >= 15 is 0 Å². The number of nitrogens with zero attached hydrogens (tertiary/aromatic N) is 3. The maximum Gasteiger partial charge on any atom is 0.167 e. The van der Waals surface area contributed by atoms with Gasteiger partial charge in [0.1, 0.15) is 17.6 Å². The van der Waals surface area contributed by atoms with Gasteiger partial charge in [0.2, 0.25) is 0 Å². The third kappa shape index (κ3) is 5.65. The van der Waals surface area contributed by atoms with E-state index in [2.05, 4.69) is 27.3 Å². The van der Waals surface area contributed by atoms with Crippen LogP contribution in [0.5, 0.6) is 0 Å². The number of nitrogens with one attached hydrogen (secondary N) is 1. The standard InChI is InChI=1S/C25H30N4O3/c1-18(31)25-27-12-14-29(25)17-23-16-24(32-28-23)21-8-4-19(5-9-21)2-3-20-6-10-22(11-7-20)26-13-15-30/h4-5,8-9,12,14,16,18,20,22,26,30-31H,6-7,10-11,13,15,17H2,1H3/t18-,20?,22?/m0/s1. The lowest BCUT2D eigenvalue weighted by Gasteiger charge is -2.26. The van der Waals surface area contributed by atoms with Crippen molar-refractivity contribution in [1.29, 1.82) is 0 Å². The Morgan fingerprint density at radius 3 is 2.72 bits per heavy atom. The van der Waals surface area contributed by atoms with Crippen molar-refractivity contribution < 1.29 is 14.7 Å². The zero-order valence-electron chi connectivity index (χ0n) is 18.4. The maximum absolute atomic E-state index is 9.80. The zero-order chi connectivity index (χ0) is 22.3. The number of aromatic nitrogens is 3. The van der Waals surface area contributed by atoms with Crippen molar-refractivity contribution in [3.63, 3.8) is 0 Å². The number of hydrogen-bond donors (Lipinski definition) is 3. The van der Waals surface area contributed by atoms with E-state index in [1.165, 1.54) is 0 Å². The molecule has 1 atom stereocenters. The fourth-order valence-corrected chi connectivity index (χ4v) is 4.13.